The summed E-state index contributed by atoms with van der Waals surface area (Å²) >= 11 is 0. The van der Waals surface area contributed by atoms with E-state index in [0.717, 1.165) is 30.2 Å². The molecule has 2 aliphatic rings. The molecule has 5 rings (SSSR count). The van der Waals surface area contributed by atoms with Crippen molar-refractivity contribution < 1.29 is 21.6 Å². The quantitative estimate of drug-likeness (QED) is 0.581. The average Bonchev–Trinajstić information content (AvgIpc) is 3.25. The number of anilines is 1. The van der Waals surface area contributed by atoms with Gasteiger partial charge < -0.3 is 5.32 Å². The SMILES string of the molecule is CS(=O)(=O)c1ccccc1S(=O)(=O)N1CCC(C(=O)Nc2ccc3c4c(cccc24)CC3)CC1. The molecule has 34 heavy (non-hydrogen) atoms. The van der Waals surface area contributed by atoms with Crippen LogP contribution in [0.2, 0.25) is 0 Å². The van der Waals surface area contributed by atoms with E-state index in [4.69, 9.17) is 0 Å². The van der Waals surface area contributed by atoms with Crippen molar-refractivity contribution >= 4 is 42.2 Å². The predicted molar refractivity (Wildman–Crippen MR) is 131 cm³/mol. The first-order valence-corrected chi connectivity index (χ1v) is 14.6. The van der Waals surface area contributed by atoms with Gasteiger partial charge in [-0.15, -0.1) is 0 Å². The molecule has 0 radical (unpaired) electrons. The van der Waals surface area contributed by atoms with Crippen LogP contribution in [0.15, 0.2) is 64.4 Å². The summed E-state index contributed by atoms with van der Waals surface area (Å²) in [6.45, 7) is 0.310. The molecule has 0 unspecified atom stereocenters. The lowest BCUT2D eigenvalue weighted by Gasteiger charge is -2.31. The molecule has 1 heterocycles. The highest BCUT2D eigenvalue weighted by atomic mass is 32.2. The van der Waals surface area contributed by atoms with Crippen molar-refractivity contribution in [3.8, 4) is 0 Å². The largest absolute Gasteiger partial charge is 0.325 e. The summed E-state index contributed by atoms with van der Waals surface area (Å²) in [4.78, 5) is 12.6. The Labute approximate surface area is 199 Å². The number of carbonyl (C=O) groups excluding carboxylic acids is 1. The van der Waals surface area contributed by atoms with Gasteiger partial charge in [-0.2, -0.15) is 4.31 Å². The van der Waals surface area contributed by atoms with Crippen LogP contribution in [0.1, 0.15) is 24.0 Å². The van der Waals surface area contributed by atoms with Crippen molar-refractivity contribution in [2.24, 2.45) is 5.92 Å². The number of hydrogen-bond donors (Lipinski definition) is 1. The van der Waals surface area contributed by atoms with Gasteiger partial charge in [-0.1, -0.05) is 36.4 Å². The fourth-order valence-electron chi connectivity index (χ4n) is 5.06. The van der Waals surface area contributed by atoms with Crippen LogP contribution in [-0.4, -0.2) is 46.4 Å². The lowest BCUT2D eigenvalue weighted by atomic mass is 9.96. The van der Waals surface area contributed by atoms with Crippen molar-refractivity contribution in [2.45, 2.75) is 35.5 Å². The molecular weight excluding hydrogens is 472 g/mol. The smallest absolute Gasteiger partial charge is 0.244 e. The molecular formula is C25H26N2O5S2. The molecule has 0 aromatic heterocycles. The van der Waals surface area contributed by atoms with Crippen LogP contribution in [0.4, 0.5) is 5.69 Å². The van der Waals surface area contributed by atoms with E-state index in [1.165, 1.54) is 45.1 Å². The van der Waals surface area contributed by atoms with E-state index in [9.17, 15) is 21.6 Å². The summed E-state index contributed by atoms with van der Waals surface area (Å²) in [6, 6.07) is 15.8. The van der Waals surface area contributed by atoms with E-state index in [1.54, 1.807) is 0 Å². The van der Waals surface area contributed by atoms with Gasteiger partial charge >= 0.3 is 0 Å². The number of sulfonamides is 1. The molecule has 3 aromatic rings. The number of sulfone groups is 1. The van der Waals surface area contributed by atoms with Crippen LogP contribution < -0.4 is 5.32 Å². The Morgan fingerprint density at radius 3 is 2.18 bits per heavy atom. The number of rotatable bonds is 5. The topological polar surface area (TPSA) is 101 Å². The number of carbonyl (C=O) groups is 1. The zero-order valence-electron chi connectivity index (χ0n) is 18.8. The molecule has 0 atom stereocenters. The van der Waals surface area contributed by atoms with Crippen LogP contribution >= 0.6 is 0 Å². The van der Waals surface area contributed by atoms with Crippen LogP contribution in [0.3, 0.4) is 0 Å². The number of nitrogens with zero attached hydrogens (tertiary/aromatic N) is 1. The highest BCUT2D eigenvalue weighted by molar-refractivity contribution is 7.93. The van der Waals surface area contributed by atoms with Gasteiger partial charge in [-0.25, -0.2) is 16.8 Å². The fourth-order valence-corrected chi connectivity index (χ4v) is 8.13. The Morgan fingerprint density at radius 1 is 0.853 bits per heavy atom. The van der Waals surface area contributed by atoms with Gasteiger partial charge in [-0.05, 0) is 60.4 Å². The molecule has 3 aromatic carbocycles. The van der Waals surface area contributed by atoms with Crippen molar-refractivity contribution in [2.75, 3.05) is 24.7 Å². The Balaban J connectivity index is 1.31. The summed E-state index contributed by atoms with van der Waals surface area (Å²) in [5.41, 5.74) is 3.39. The van der Waals surface area contributed by atoms with E-state index in [0.29, 0.717) is 12.8 Å². The maximum absolute atomic E-state index is 13.2. The second-order valence-corrected chi connectivity index (χ2v) is 12.9. The van der Waals surface area contributed by atoms with Gasteiger partial charge in [0.25, 0.3) is 0 Å². The molecule has 0 bridgehead atoms. The first-order valence-electron chi connectivity index (χ1n) is 11.3. The Morgan fingerprint density at radius 2 is 1.50 bits per heavy atom. The standard InChI is InChI=1S/C25H26N2O5S2/c1-33(29,30)22-7-2-3-8-23(22)34(31,32)27-15-13-19(14-16-27)25(28)26-21-12-11-18-10-9-17-5-4-6-20(21)24(17)18/h2-8,11-12,19H,9-10,13-16H2,1H3,(H,26,28). The first kappa shape index (κ1) is 23.0. The number of aryl methyl sites for hydroxylation is 2. The van der Waals surface area contributed by atoms with Crippen LogP contribution in [0.5, 0.6) is 0 Å². The van der Waals surface area contributed by atoms with E-state index in [1.807, 2.05) is 18.2 Å². The van der Waals surface area contributed by atoms with Gasteiger partial charge in [0.05, 0.1) is 4.90 Å². The molecule has 178 valence electrons. The lowest BCUT2D eigenvalue weighted by molar-refractivity contribution is -0.120. The molecule has 0 spiro atoms. The molecule has 1 aliphatic heterocycles. The second-order valence-electron chi connectivity index (χ2n) is 9.00. The van der Waals surface area contributed by atoms with Crippen molar-refractivity contribution in [1.29, 1.82) is 0 Å². The number of amides is 1. The van der Waals surface area contributed by atoms with E-state index in [-0.39, 0.29) is 34.7 Å². The molecule has 1 saturated heterocycles. The summed E-state index contributed by atoms with van der Waals surface area (Å²) in [7, 11) is -7.70. The van der Waals surface area contributed by atoms with Gasteiger partial charge in [-0.3, -0.25) is 4.79 Å². The molecule has 1 amide bonds. The van der Waals surface area contributed by atoms with Crippen LogP contribution in [0, 0.1) is 5.92 Å². The highest BCUT2D eigenvalue weighted by Gasteiger charge is 2.34. The monoisotopic (exact) mass is 498 g/mol. The fraction of sp³-hybridized carbons (Fsp3) is 0.320. The maximum atomic E-state index is 13.2. The Kier molecular flexibility index (Phi) is 5.74. The number of nitrogens with one attached hydrogen (secondary N) is 1. The van der Waals surface area contributed by atoms with Crippen LogP contribution in [0.25, 0.3) is 10.8 Å². The molecule has 0 saturated carbocycles. The zero-order chi connectivity index (χ0) is 24.1. The summed E-state index contributed by atoms with van der Waals surface area (Å²) in [5, 5.41) is 5.33. The van der Waals surface area contributed by atoms with Crippen molar-refractivity contribution in [3.63, 3.8) is 0 Å². The molecule has 1 N–H and O–H groups in total. The minimum atomic E-state index is -3.99. The molecule has 9 heteroatoms. The summed E-state index contributed by atoms with van der Waals surface area (Å²) in [6.07, 6.45) is 3.76. The third-order valence-corrected chi connectivity index (χ3v) is 10.1. The Bertz CT molecular complexity index is 1500. The van der Waals surface area contributed by atoms with Gasteiger partial charge in [0.15, 0.2) is 9.84 Å². The summed E-state index contributed by atoms with van der Waals surface area (Å²) in [5.74, 6) is -0.438. The van der Waals surface area contributed by atoms with Gasteiger partial charge in [0.1, 0.15) is 4.90 Å². The number of benzene rings is 3. The third kappa shape index (κ3) is 4.01. The van der Waals surface area contributed by atoms with Gasteiger partial charge in [0, 0.05) is 36.3 Å². The second kappa shape index (κ2) is 8.48. The highest BCUT2D eigenvalue weighted by Crippen LogP contribution is 2.35. The molecule has 1 aliphatic carbocycles. The molecule has 7 nitrogen and oxygen atoms in total. The number of piperidine rings is 1. The van der Waals surface area contributed by atoms with Crippen molar-refractivity contribution in [3.05, 3.63) is 65.7 Å². The van der Waals surface area contributed by atoms with E-state index < -0.39 is 19.9 Å². The number of hydrogen-bond acceptors (Lipinski definition) is 5. The molecule has 1 fully saturated rings. The van der Waals surface area contributed by atoms with E-state index >= 15 is 0 Å². The third-order valence-electron chi connectivity index (χ3n) is 6.83. The average molecular weight is 499 g/mol. The summed E-state index contributed by atoms with van der Waals surface area (Å²) < 4.78 is 51.9. The lowest BCUT2D eigenvalue weighted by Crippen LogP contribution is -2.41. The zero-order valence-corrected chi connectivity index (χ0v) is 20.5. The van der Waals surface area contributed by atoms with E-state index in [2.05, 4.69) is 17.4 Å². The van der Waals surface area contributed by atoms with Crippen molar-refractivity contribution in [1.82, 2.24) is 4.31 Å². The maximum Gasteiger partial charge on any atom is 0.244 e. The van der Waals surface area contributed by atoms with Crippen LogP contribution in [-0.2, 0) is 37.5 Å². The first-order chi connectivity index (χ1) is 16.2. The minimum Gasteiger partial charge on any atom is -0.325 e. The normalized spacial score (nSPS) is 17.2. The minimum absolute atomic E-state index is 0.118. The van der Waals surface area contributed by atoms with Gasteiger partial charge in [0.2, 0.25) is 15.9 Å². The Hall–Kier alpha value is -2.75. The predicted octanol–water partition coefficient (Wildman–Crippen LogP) is 3.38.